The third-order valence-corrected chi connectivity index (χ3v) is 4.33. The molecule has 1 unspecified atom stereocenters. The van der Waals surface area contributed by atoms with Gasteiger partial charge in [0.1, 0.15) is 5.60 Å². The van der Waals surface area contributed by atoms with E-state index >= 15 is 0 Å². The van der Waals surface area contributed by atoms with Crippen molar-refractivity contribution >= 4 is 6.09 Å². The molecule has 0 aromatic heterocycles. The molecule has 1 aliphatic heterocycles. The fourth-order valence-corrected chi connectivity index (χ4v) is 3.43. The van der Waals surface area contributed by atoms with E-state index in [-0.39, 0.29) is 6.09 Å². The maximum atomic E-state index is 12.3. The molecule has 112 valence electrons. The summed E-state index contributed by atoms with van der Waals surface area (Å²) in [4.78, 5) is 14.2. The Labute approximate surface area is 118 Å². The van der Waals surface area contributed by atoms with Gasteiger partial charge in [0, 0.05) is 12.6 Å². The second kappa shape index (κ2) is 6.15. The monoisotopic (exact) mass is 269 g/mol. The first-order valence-corrected chi connectivity index (χ1v) is 7.75. The molecule has 0 radical (unpaired) electrons. The number of carbonyl (C=O) groups excluding carboxylic acids is 1. The first-order valence-electron chi connectivity index (χ1n) is 7.75. The largest absolute Gasteiger partial charge is 0.444 e. The Morgan fingerprint density at radius 3 is 2.21 bits per heavy atom. The van der Waals surface area contributed by atoms with Gasteiger partial charge in [0.25, 0.3) is 0 Å². The van der Waals surface area contributed by atoms with Crippen LogP contribution in [-0.2, 0) is 4.74 Å². The summed E-state index contributed by atoms with van der Waals surface area (Å²) in [6, 6.07) is 0.294. The first-order chi connectivity index (χ1) is 8.75. The highest BCUT2D eigenvalue weighted by Crippen LogP contribution is 2.45. The second-order valence-electron chi connectivity index (χ2n) is 6.96. The van der Waals surface area contributed by atoms with Crippen molar-refractivity contribution in [1.29, 1.82) is 0 Å². The summed E-state index contributed by atoms with van der Waals surface area (Å²) >= 11 is 0. The van der Waals surface area contributed by atoms with Crippen molar-refractivity contribution in [3.63, 3.8) is 0 Å². The third kappa shape index (κ3) is 3.87. The molecule has 0 spiro atoms. The standard InChI is InChI=1S/C16H31NO2/c1-7-9-16(10-8-2)11-12-17(13(16)3)14(18)19-15(4,5)6/h13H,7-12H2,1-6H3. The number of hydrogen-bond acceptors (Lipinski definition) is 2. The molecule has 1 fully saturated rings. The molecular weight excluding hydrogens is 238 g/mol. The molecule has 1 heterocycles. The van der Waals surface area contributed by atoms with Crippen LogP contribution in [0.4, 0.5) is 4.79 Å². The Hall–Kier alpha value is -0.730. The van der Waals surface area contributed by atoms with Gasteiger partial charge >= 0.3 is 6.09 Å². The number of carbonyl (C=O) groups is 1. The van der Waals surface area contributed by atoms with Crippen molar-refractivity contribution < 1.29 is 9.53 Å². The van der Waals surface area contributed by atoms with Crippen LogP contribution < -0.4 is 0 Å². The van der Waals surface area contributed by atoms with E-state index in [2.05, 4.69) is 20.8 Å². The molecule has 0 bridgehead atoms. The van der Waals surface area contributed by atoms with Crippen molar-refractivity contribution in [2.75, 3.05) is 6.54 Å². The van der Waals surface area contributed by atoms with Crippen LogP contribution in [0.2, 0.25) is 0 Å². The number of rotatable bonds is 4. The van der Waals surface area contributed by atoms with Crippen molar-refractivity contribution in [2.45, 2.75) is 85.3 Å². The molecule has 0 saturated carbocycles. The van der Waals surface area contributed by atoms with Crippen molar-refractivity contribution in [2.24, 2.45) is 5.41 Å². The van der Waals surface area contributed by atoms with Crippen LogP contribution in [0.25, 0.3) is 0 Å². The van der Waals surface area contributed by atoms with E-state index in [0.717, 1.165) is 13.0 Å². The van der Waals surface area contributed by atoms with Crippen LogP contribution >= 0.6 is 0 Å². The van der Waals surface area contributed by atoms with Gasteiger partial charge in [0.15, 0.2) is 0 Å². The van der Waals surface area contributed by atoms with Gasteiger partial charge in [0.05, 0.1) is 0 Å². The SMILES string of the molecule is CCCC1(CCC)CCN(C(=O)OC(C)(C)C)C1C. The molecule has 0 N–H and O–H groups in total. The van der Waals surface area contributed by atoms with E-state index in [1.165, 1.54) is 25.7 Å². The quantitative estimate of drug-likeness (QED) is 0.746. The van der Waals surface area contributed by atoms with Crippen LogP contribution in [0.5, 0.6) is 0 Å². The smallest absolute Gasteiger partial charge is 0.410 e. The van der Waals surface area contributed by atoms with E-state index in [1.807, 2.05) is 25.7 Å². The van der Waals surface area contributed by atoms with Crippen molar-refractivity contribution in [3.05, 3.63) is 0 Å². The van der Waals surface area contributed by atoms with E-state index in [9.17, 15) is 4.79 Å². The minimum absolute atomic E-state index is 0.144. The molecule has 3 nitrogen and oxygen atoms in total. The summed E-state index contributed by atoms with van der Waals surface area (Å²) in [5.74, 6) is 0. The number of hydrogen-bond donors (Lipinski definition) is 0. The number of ether oxygens (including phenoxy) is 1. The normalized spacial score (nSPS) is 22.6. The molecule has 0 aliphatic carbocycles. The summed E-state index contributed by atoms with van der Waals surface area (Å²) in [5, 5.41) is 0. The Morgan fingerprint density at radius 2 is 1.79 bits per heavy atom. The molecule has 1 aliphatic rings. The highest BCUT2D eigenvalue weighted by molar-refractivity contribution is 5.69. The summed E-state index contributed by atoms with van der Waals surface area (Å²) in [7, 11) is 0. The minimum atomic E-state index is -0.405. The maximum absolute atomic E-state index is 12.3. The zero-order valence-electron chi connectivity index (χ0n) is 13.6. The van der Waals surface area contributed by atoms with Gasteiger partial charge in [-0.3, -0.25) is 0 Å². The lowest BCUT2D eigenvalue weighted by Gasteiger charge is -2.36. The van der Waals surface area contributed by atoms with Crippen LogP contribution in [0.3, 0.4) is 0 Å². The fraction of sp³-hybridized carbons (Fsp3) is 0.938. The highest BCUT2D eigenvalue weighted by Gasteiger charge is 2.46. The Morgan fingerprint density at radius 1 is 1.26 bits per heavy atom. The zero-order valence-corrected chi connectivity index (χ0v) is 13.6. The second-order valence-corrected chi connectivity index (χ2v) is 6.96. The third-order valence-electron chi connectivity index (χ3n) is 4.33. The summed E-state index contributed by atoms with van der Waals surface area (Å²) < 4.78 is 5.53. The molecule has 1 amide bonds. The highest BCUT2D eigenvalue weighted by atomic mass is 16.6. The lowest BCUT2D eigenvalue weighted by Crippen LogP contribution is -2.43. The van der Waals surface area contributed by atoms with Gasteiger partial charge in [-0.25, -0.2) is 4.79 Å². The molecule has 0 aromatic carbocycles. The Kier molecular flexibility index (Phi) is 5.28. The lowest BCUT2D eigenvalue weighted by molar-refractivity contribution is 0.0169. The van der Waals surface area contributed by atoms with Gasteiger partial charge in [-0.05, 0) is 52.4 Å². The van der Waals surface area contributed by atoms with Crippen molar-refractivity contribution in [3.8, 4) is 0 Å². The molecule has 0 aromatic rings. The van der Waals surface area contributed by atoms with Crippen LogP contribution in [0.15, 0.2) is 0 Å². The average molecular weight is 269 g/mol. The first kappa shape index (κ1) is 16.3. The van der Waals surface area contributed by atoms with E-state index in [4.69, 9.17) is 4.74 Å². The molecule has 3 heteroatoms. The molecule has 1 saturated heterocycles. The van der Waals surface area contributed by atoms with E-state index < -0.39 is 5.60 Å². The zero-order chi connectivity index (χ0) is 14.7. The van der Waals surface area contributed by atoms with Gasteiger partial charge in [-0.15, -0.1) is 0 Å². The van der Waals surface area contributed by atoms with Crippen molar-refractivity contribution in [1.82, 2.24) is 4.90 Å². The van der Waals surface area contributed by atoms with Crippen LogP contribution in [0, 0.1) is 5.41 Å². The molecule has 19 heavy (non-hydrogen) atoms. The van der Waals surface area contributed by atoms with E-state index in [1.54, 1.807) is 0 Å². The van der Waals surface area contributed by atoms with Crippen LogP contribution in [0.1, 0.15) is 73.6 Å². The maximum Gasteiger partial charge on any atom is 0.410 e. The number of amides is 1. The summed E-state index contributed by atoms with van der Waals surface area (Å²) in [6.45, 7) is 13.3. The number of nitrogens with zero attached hydrogens (tertiary/aromatic N) is 1. The Bertz CT molecular complexity index is 300. The summed E-state index contributed by atoms with van der Waals surface area (Å²) in [6.07, 6.45) is 5.77. The fourth-order valence-electron chi connectivity index (χ4n) is 3.43. The molecule has 1 atom stereocenters. The minimum Gasteiger partial charge on any atom is -0.444 e. The predicted octanol–water partition coefficient (Wildman–Crippen LogP) is 4.60. The Balaban J connectivity index is 2.77. The lowest BCUT2D eigenvalue weighted by atomic mass is 9.74. The van der Waals surface area contributed by atoms with Gasteiger partial charge in [-0.2, -0.15) is 0 Å². The van der Waals surface area contributed by atoms with Gasteiger partial charge in [0.2, 0.25) is 0 Å². The van der Waals surface area contributed by atoms with Crippen LogP contribution in [-0.4, -0.2) is 29.2 Å². The predicted molar refractivity (Wildman–Crippen MR) is 79.3 cm³/mol. The topological polar surface area (TPSA) is 29.5 Å². The molecular formula is C16H31NO2. The average Bonchev–Trinajstić information content (AvgIpc) is 2.56. The molecule has 1 rings (SSSR count). The van der Waals surface area contributed by atoms with Gasteiger partial charge in [-0.1, -0.05) is 26.7 Å². The number of likely N-dealkylation sites (tertiary alicyclic amines) is 1. The van der Waals surface area contributed by atoms with E-state index in [0.29, 0.717) is 11.5 Å². The summed E-state index contributed by atoms with van der Waals surface area (Å²) in [5.41, 5.74) is -0.0992. The van der Waals surface area contributed by atoms with Gasteiger partial charge < -0.3 is 9.64 Å².